The van der Waals surface area contributed by atoms with Crippen LogP contribution in [0.2, 0.25) is 10.0 Å². The van der Waals surface area contributed by atoms with E-state index in [9.17, 15) is 14.4 Å². The van der Waals surface area contributed by atoms with Crippen molar-refractivity contribution in [3.63, 3.8) is 0 Å². The fraction of sp³-hybridized carbons (Fsp3) is 0.400. The van der Waals surface area contributed by atoms with Crippen molar-refractivity contribution in [1.29, 1.82) is 0 Å². The van der Waals surface area contributed by atoms with Crippen LogP contribution in [0.1, 0.15) is 37.6 Å². The van der Waals surface area contributed by atoms with Crippen LogP contribution in [0.4, 0.5) is 5.88 Å². The number of rotatable bonds is 4. The first-order chi connectivity index (χ1) is 14.0. The van der Waals surface area contributed by atoms with Crippen molar-refractivity contribution in [2.45, 2.75) is 32.7 Å². The molecule has 2 aromatic rings. The third-order valence-electron chi connectivity index (χ3n) is 4.82. The topological polar surface area (TPSA) is 102 Å². The van der Waals surface area contributed by atoms with Crippen molar-refractivity contribution in [2.75, 3.05) is 19.0 Å². The number of hydrogen-bond donors (Lipinski definition) is 1. The Morgan fingerprint density at radius 2 is 1.90 bits per heavy atom. The SMILES string of the molecule is COC(=O)c1c(-c2c(Cl)cccc2Cl)noc1NC(=O)C1CC(=O)N(C(C)(C)C)C1. The van der Waals surface area contributed by atoms with Crippen LogP contribution < -0.4 is 5.32 Å². The van der Waals surface area contributed by atoms with Gasteiger partial charge in [-0.05, 0) is 32.9 Å². The predicted molar refractivity (Wildman–Crippen MR) is 112 cm³/mol. The van der Waals surface area contributed by atoms with E-state index >= 15 is 0 Å². The van der Waals surface area contributed by atoms with Crippen molar-refractivity contribution < 1.29 is 23.6 Å². The maximum atomic E-state index is 12.8. The number of carbonyl (C=O) groups is 3. The second-order valence-corrected chi connectivity index (χ2v) is 8.70. The van der Waals surface area contributed by atoms with Gasteiger partial charge in [-0.3, -0.25) is 14.9 Å². The zero-order chi connectivity index (χ0) is 22.2. The Morgan fingerprint density at radius 3 is 2.43 bits per heavy atom. The Morgan fingerprint density at radius 1 is 1.27 bits per heavy atom. The van der Waals surface area contributed by atoms with E-state index < -0.39 is 23.3 Å². The fourth-order valence-corrected chi connectivity index (χ4v) is 3.88. The van der Waals surface area contributed by atoms with Gasteiger partial charge in [0, 0.05) is 24.1 Å². The van der Waals surface area contributed by atoms with E-state index in [0.717, 1.165) is 0 Å². The molecule has 2 heterocycles. The standard InChI is InChI=1S/C20H21Cl2N3O5/c1-20(2,3)25-9-10(8-13(25)26)17(27)23-18-15(19(28)29-4)16(24-30-18)14-11(21)6-5-7-12(14)22/h5-7,10H,8-9H2,1-4H3,(H,23,27). The number of anilines is 1. The number of methoxy groups -OCH3 is 1. The van der Waals surface area contributed by atoms with Gasteiger partial charge in [0.2, 0.25) is 17.7 Å². The highest BCUT2D eigenvalue weighted by molar-refractivity contribution is 6.39. The minimum atomic E-state index is -0.781. The molecule has 1 saturated heterocycles. The molecule has 1 N–H and O–H groups in total. The number of hydrogen-bond acceptors (Lipinski definition) is 6. The van der Waals surface area contributed by atoms with Crippen LogP contribution in [-0.4, -0.2) is 47.0 Å². The first-order valence-electron chi connectivity index (χ1n) is 9.18. The largest absolute Gasteiger partial charge is 0.465 e. The van der Waals surface area contributed by atoms with E-state index in [4.69, 9.17) is 32.5 Å². The van der Waals surface area contributed by atoms with Gasteiger partial charge in [0.05, 0.1) is 23.1 Å². The number of likely N-dealkylation sites (tertiary alicyclic amines) is 1. The molecule has 1 aliphatic rings. The number of carbonyl (C=O) groups excluding carboxylic acids is 3. The molecule has 2 amide bonds. The Labute approximate surface area is 183 Å². The summed E-state index contributed by atoms with van der Waals surface area (Å²) in [6, 6.07) is 4.82. The monoisotopic (exact) mass is 453 g/mol. The second kappa shape index (κ2) is 8.28. The number of nitrogens with zero attached hydrogens (tertiary/aromatic N) is 2. The molecule has 0 saturated carbocycles. The second-order valence-electron chi connectivity index (χ2n) is 7.89. The summed E-state index contributed by atoms with van der Waals surface area (Å²) >= 11 is 12.5. The number of halogens is 2. The maximum Gasteiger partial charge on any atom is 0.345 e. The molecule has 1 unspecified atom stereocenters. The van der Waals surface area contributed by atoms with Crippen LogP contribution in [-0.2, 0) is 14.3 Å². The van der Waals surface area contributed by atoms with Crippen molar-refractivity contribution in [2.24, 2.45) is 5.92 Å². The highest BCUT2D eigenvalue weighted by Crippen LogP contribution is 2.39. The zero-order valence-corrected chi connectivity index (χ0v) is 18.4. The molecule has 10 heteroatoms. The smallest absolute Gasteiger partial charge is 0.345 e. The lowest BCUT2D eigenvalue weighted by Gasteiger charge is -2.31. The summed E-state index contributed by atoms with van der Waals surface area (Å²) in [7, 11) is 1.19. The van der Waals surface area contributed by atoms with Crippen molar-refractivity contribution >= 4 is 46.9 Å². The Kier molecular flexibility index (Phi) is 6.10. The van der Waals surface area contributed by atoms with Gasteiger partial charge in [-0.15, -0.1) is 0 Å². The van der Waals surface area contributed by atoms with Gasteiger partial charge in [-0.1, -0.05) is 34.4 Å². The summed E-state index contributed by atoms with van der Waals surface area (Å²) in [4.78, 5) is 39.1. The third kappa shape index (κ3) is 4.15. The molecule has 8 nitrogen and oxygen atoms in total. The normalized spacial score (nSPS) is 16.7. The Bertz CT molecular complexity index is 992. The third-order valence-corrected chi connectivity index (χ3v) is 5.45. The van der Waals surface area contributed by atoms with Crippen LogP contribution in [0.3, 0.4) is 0 Å². The lowest BCUT2D eigenvalue weighted by Crippen LogP contribution is -2.42. The number of aromatic nitrogens is 1. The summed E-state index contributed by atoms with van der Waals surface area (Å²) in [6.07, 6.45) is 0.0635. The number of benzene rings is 1. The zero-order valence-electron chi connectivity index (χ0n) is 16.9. The molecular weight excluding hydrogens is 433 g/mol. The van der Waals surface area contributed by atoms with Crippen LogP contribution in [0.15, 0.2) is 22.7 Å². The molecule has 1 fully saturated rings. The molecule has 3 rings (SSSR count). The lowest BCUT2D eigenvalue weighted by molar-refractivity contribution is -0.131. The molecule has 0 bridgehead atoms. The lowest BCUT2D eigenvalue weighted by atomic mass is 10.1. The van der Waals surface area contributed by atoms with E-state index in [1.165, 1.54) is 7.11 Å². The molecule has 160 valence electrons. The molecule has 30 heavy (non-hydrogen) atoms. The van der Waals surface area contributed by atoms with Gasteiger partial charge in [0.1, 0.15) is 5.69 Å². The van der Waals surface area contributed by atoms with Gasteiger partial charge in [0.25, 0.3) is 0 Å². The average Bonchev–Trinajstić information content (AvgIpc) is 3.25. The highest BCUT2D eigenvalue weighted by atomic mass is 35.5. The first-order valence-corrected chi connectivity index (χ1v) is 9.94. The number of esters is 1. The van der Waals surface area contributed by atoms with E-state index in [1.807, 2.05) is 20.8 Å². The van der Waals surface area contributed by atoms with Gasteiger partial charge < -0.3 is 14.2 Å². The number of nitrogens with one attached hydrogen (secondary N) is 1. The molecule has 1 aromatic carbocycles. The number of amides is 2. The van der Waals surface area contributed by atoms with Gasteiger partial charge in [-0.2, -0.15) is 0 Å². The van der Waals surface area contributed by atoms with Crippen molar-refractivity contribution in [1.82, 2.24) is 10.1 Å². The summed E-state index contributed by atoms with van der Waals surface area (Å²) in [6.45, 7) is 5.96. The van der Waals surface area contributed by atoms with Crippen LogP contribution in [0, 0.1) is 5.92 Å². The maximum absolute atomic E-state index is 12.8. The molecule has 1 aromatic heterocycles. The minimum absolute atomic E-state index is 0.0477. The summed E-state index contributed by atoms with van der Waals surface area (Å²) in [5.74, 6) is -2.15. The fourth-order valence-electron chi connectivity index (χ4n) is 3.31. The first kappa shape index (κ1) is 22.1. The Hall–Kier alpha value is -2.58. The molecular formula is C20H21Cl2N3O5. The van der Waals surface area contributed by atoms with Crippen LogP contribution >= 0.6 is 23.2 Å². The summed E-state index contributed by atoms with van der Waals surface area (Å²) in [5, 5.41) is 6.95. The Balaban J connectivity index is 1.92. The quantitative estimate of drug-likeness (QED) is 0.701. The minimum Gasteiger partial charge on any atom is -0.465 e. The van der Waals surface area contributed by atoms with Gasteiger partial charge in [-0.25, -0.2) is 4.79 Å². The highest BCUT2D eigenvalue weighted by Gasteiger charge is 2.40. The molecule has 0 aliphatic carbocycles. The van der Waals surface area contributed by atoms with E-state index in [1.54, 1.807) is 23.1 Å². The molecule has 0 spiro atoms. The molecule has 1 atom stereocenters. The van der Waals surface area contributed by atoms with Gasteiger partial charge >= 0.3 is 5.97 Å². The molecule has 1 aliphatic heterocycles. The van der Waals surface area contributed by atoms with Crippen LogP contribution in [0.25, 0.3) is 11.3 Å². The average molecular weight is 454 g/mol. The van der Waals surface area contributed by atoms with E-state index in [-0.39, 0.29) is 51.6 Å². The van der Waals surface area contributed by atoms with Gasteiger partial charge in [0.15, 0.2) is 5.56 Å². The van der Waals surface area contributed by atoms with E-state index in [2.05, 4.69) is 10.5 Å². The summed E-state index contributed by atoms with van der Waals surface area (Å²) < 4.78 is 10.1. The molecule has 0 radical (unpaired) electrons. The predicted octanol–water partition coefficient (Wildman–Crippen LogP) is 4.02. The van der Waals surface area contributed by atoms with Crippen molar-refractivity contribution in [3.05, 3.63) is 33.8 Å². The number of ether oxygens (including phenoxy) is 1. The summed E-state index contributed by atoms with van der Waals surface area (Å²) in [5.41, 5.74) is -0.186. The van der Waals surface area contributed by atoms with Crippen molar-refractivity contribution in [3.8, 4) is 11.3 Å². The van der Waals surface area contributed by atoms with E-state index in [0.29, 0.717) is 0 Å². The van der Waals surface area contributed by atoms with Crippen LogP contribution in [0.5, 0.6) is 0 Å².